The van der Waals surface area contributed by atoms with Gasteiger partial charge in [-0.05, 0) is 62.4 Å². The molecular weight excluding hydrogens is 298 g/mol. The van der Waals surface area contributed by atoms with Crippen LogP contribution in [-0.2, 0) is 6.42 Å². The molecule has 3 nitrogen and oxygen atoms in total. The zero-order valence-corrected chi connectivity index (χ0v) is 14.4. The van der Waals surface area contributed by atoms with Crippen LogP contribution in [0.4, 0.5) is 0 Å². The molecule has 1 heterocycles. The highest BCUT2D eigenvalue weighted by Gasteiger charge is 2.35. The van der Waals surface area contributed by atoms with Crippen molar-refractivity contribution in [3.8, 4) is 11.5 Å². The van der Waals surface area contributed by atoms with Gasteiger partial charge in [-0.15, -0.1) is 0 Å². The van der Waals surface area contributed by atoms with Gasteiger partial charge in [0, 0.05) is 12.1 Å². The van der Waals surface area contributed by atoms with Crippen molar-refractivity contribution >= 4 is 0 Å². The Balaban J connectivity index is 1.52. The molecule has 1 aliphatic carbocycles. The number of likely N-dealkylation sites (N-methyl/N-ethyl adjacent to an activating group) is 1. The van der Waals surface area contributed by atoms with Crippen LogP contribution in [0.2, 0.25) is 0 Å². The molecule has 0 bridgehead atoms. The van der Waals surface area contributed by atoms with Crippen LogP contribution in [0.15, 0.2) is 48.5 Å². The molecule has 0 saturated heterocycles. The van der Waals surface area contributed by atoms with Crippen molar-refractivity contribution in [3.05, 3.63) is 59.7 Å². The van der Waals surface area contributed by atoms with Crippen LogP contribution >= 0.6 is 0 Å². The molecule has 4 rings (SSSR count). The summed E-state index contributed by atoms with van der Waals surface area (Å²) in [5.74, 6) is 2.57. The summed E-state index contributed by atoms with van der Waals surface area (Å²) in [7, 11) is 2.27. The molecule has 0 aromatic heterocycles. The summed E-state index contributed by atoms with van der Waals surface area (Å²) in [4.78, 5) is 2.55. The largest absolute Gasteiger partial charge is 0.454 e. The molecule has 2 aliphatic rings. The first-order chi connectivity index (χ1) is 11.7. The van der Waals surface area contributed by atoms with Gasteiger partial charge in [-0.1, -0.05) is 36.4 Å². The van der Waals surface area contributed by atoms with Gasteiger partial charge in [0.1, 0.15) is 0 Å². The van der Waals surface area contributed by atoms with Crippen LogP contribution in [0.1, 0.15) is 36.9 Å². The summed E-state index contributed by atoms with van der Waals surface area (Å²) in [6.45, 7) is 2.65. The predicted molar refractivity (Wildman–Crippen MR) is 95.4 cm³/mol. The Morgan fingerprint density at radius 1 is 1.04 bits per heavy atom. The fourth-order valence-electron chi connectivity index (χ4n) is 3.69. The SMILES string of the molecule is C[C@H](c1ccccc1)N(C)[C@H](Cc1ccc2c(c1)OCO2)C1CC1. The molecule has 0 N–H and O–H groups in total. The number of benzene rings is 2. The van der Waals surface area contributed by atoms with Crippen LogP contribution < -0.4 is 9.47 Å². The lowest BCUT2D eigenvalue weighted by Crippen LogP contribution is -2.37. The quantitative estimate of drug-likeness (QED) is 0.785. The predicted octanol–water partition coefficient (Wildman–Crippen LogP) is 4.43. The van der Waals surface area contributed by atoms with Crippen molar-refractivity contribution in [3.63, 3.8) is 0 Å². The summed E-state index contributed by atoms with van der Waals surface area (Å²) in [5.41, 5.74) is 2.72. The van der Waals surface area contributed by atoms with Gasteiger partial charge in [0.05, 0.1) is 0 Å². The Bertz CT molecular complexity index is 696. The summed E-state index contributed by atoms with van der Waals surface area (Å²) in [6, 6.07) is 18.2. The molecular formula is C21H25NO2. The van der Waals surface area contributed by atoms with Gasteiger partial charge in [0.25, 0.3) is 0 Å². The minimum atomic E-state index is 0.343. The minimum absolute atomic E-state index is 0.343. The van der Waals surface area contributed by atoms with Crippen molar-refractivity contribution < 1.29 is 9.47 Å². The number of ether oxygens (including phenoxy) is 2. The second-order valence-electron chi connectivity index (χ2n) is 7.05. The van der Waals surface area contributed by atoms with E-state index in [0.717, 1.165) is 23.8 Å². The van der Waals surface area contributed by atoms with E-state index in [1.807, 2.05) is 6.07 Å². The Morgan fingerprint density at radius 3 is 2.54 bits per heavy atom. The highest BCUT2D eigenvalue weighted by atomic mass is 16.7. The van der Waals surface area contributed by atoms with Crippen molar-refractivity contribution in [2.45, 2.75) is 38.3 Å². The molecule has 24 heavy (non-hydrogen) atoms. The maximum atomic E-state index is 5.54. The van der Waals surface area contributed by atoms with Gasteiger partial charge in [-0.25, -0.2) is 0 Å². The van der Waals surface area contributed by atoms with Crippen LogP contribution in [0.25, 0.3) is 0 Å². The van der Waals surface area contributed by atoms with Gasteiger partial charge < -0.3 is 9.47 Å². The zero-order chi connectivity index (χ0) is 16.5. The third-order valence-corrected chi connectivity index (χ3v) is 5.46. The molecule has 0 radical (unpaired) electrons. The Kier molecular flexibility index (Phi) is 4.19. The third kappa shape index (κ3) is 3.13. The Labute approximate surface area is 144 Å². The second kappa shape index (κ2) is 6.48. The molecule has 126 valence electrons. The Morgan fingerprint density at radius 2 is 1.79 bits per heavy atom. The van der Waals surface area contributed by atoms with Crippen molar-refractivity contribution in [2.24, 2.45) is 5.92 Å². The number of rotatable bonds is 6. The lowest BCUT2D eigenvalue weighted by Gasteiger charge is -2.34. The zero-order valence-electron chi connectivity index (χ0n) is 14.4. The van der Waals surface area contributed by atoms with Gasteiger partial charge in [-0.2, -0.15) is 0 Å². The first-order valence-electron chi connectivity index (χ1n) is 8.88. The van der Waals surface area contributed by atoms with E-state index >= 15 is 0 Å². The smallest absolute Gasteiger partial charge is 0.231 e. The van der Waals surface area contributed by atoms with Crippen LogP contribution in [0, 0.1) is 5.92 Å². The number of nitrogens with zero attached hydrogens (tertiary/aromatic N) is 1. The molecule has 1 saturated carbocycles. The fraction of sp³-hybridized carbons (Fsp3) is 0.429. The highest BCUT2D eigenvalue weighted by molar-refractivity contribution is 5.44. The first-order valence-corrected chi connectivity index (χ1v) is 8.88. The molecule has 0 unspecified atom stereocenters. The van der Waals surface area contributed by atoms with Crippen LogP contribution in [0.3, 0.4) is 0 Å². The standard InChI is InChI=1S/C21H25NO2/c1-15(17-6-4-3-5-7-17)22(2)19(18-9-10-18)12-16-8-11-20-21(13-16)24-14-23-20/h3-8,11,13,15,18-19H,9-10,12,14H2,1-2H3/t15-,19-/m1/s1. The van der Waals surface area contributed by atoms with Crippen molar-refractivity contribution in [1.29, 1.82) is 0 Å². The molecule has 0 spiro atoms. The van der Waals surface area contributed by atoms with Gasteiger partial charge in [0.15, 0.2) is 11.5 Å². The fourth-order valence-corrected chi connectivity index (χ4v) is 3.69. The molecule has 3 heteroatoms. The van der Waals surface area contributed by atoms with Gasteiger partial charge in [0.2, 0.25) is 6.79 Å². The van der Waals surface area contributed by atoms with Crippen molar-refractivity contribution in [1.82, 2.24) is 4.90 Å². The van der Waals surface area contributed by atoms with E-state index in [-0.39, 0.29) is 0 Å². The third-order valence-electron chi connectivity index (χ3n) is 5.46. The molecule has 2 aromatic rings. The van der Waals surface area contributed by atoms with E-state index < -0.39 is 0 Å². The molecule has 1 aliphatic heterocycles. The normalized spacial score (nSPS) is 18.6. The van der Waals surface area contributed by atoms with Crippen LogP contribution in [-0.4, -0.2) is 24.8 Å². The molecule has 2 atom stereocenters. The summed E-state index contributed by atoms with van der Waals surface area (Å²) >= 11 is 0. The maximum Gasteiger partial charge on any atom is 0.231 e. The van der Waals surface area contributed by atoms with Crippen LogP contribution in [0.5, 0.6) is 11.5 Å². The van der Waals surface area contributed by atoms with E-state index in [1.54, 1.807) is 0 Å². The second-order valence-corrected chi connectivity index (χ2v) is 7.05. The average Bonchev–Trinajstić information content (AvgIpc) is 3.36. The number of fused-ring (bicyclic) bond motifs is 1. The highest BCUT2D eigenvalue weighted by Crippen LogP contribution is 2.40. The lowest BCUT2D eigenvalue weighted by molar-refractivity contribution is 0.164. The monoisotopic (exact) mass is 323 g/mol. The van der Waals surface area contributed by atoms with E-state index in [1.165, 1.54) is 24.0 Å². The lowest BCUT2D eigenvalue weighted by atomic mass is 9.97. The first kappa shape index (κ1) is 15.5. The molecule has 1 fully saturated rings. The van der Waals surface area contributed by atoms with E-state index in [9.17, 15) is 0 Å². The van der Waals surface area contributed by atoms with E-state index in [0.29, 0.717) is 18.9 Å². The average molecular weight is 323 g/mol. The summed E-state index contributed by atoms with van der Waals surface area (Å²) in [5, 5.41) is 0. The summed E-state index contributed by atoms with van der Waals surface area (Å²) < 4.78 is 11.0. The minimum Gasteiger partial charge on any atom is -0.454 e. The maximum absolute atomic E-state index is 5.54. The van der Waals surface area contributed by atoms with E-state index in [2.05, 4.69) is 61.3 Å². The number of hydrogen-bond acceptors (Lipinski definition) is 3. The molecule has 2 aromatic carbocycles. The van der Waals surface area contributed by atoms with Crippen molar-refractivity contribution in [2.75, 3.05) is 13.8 Å². The summed E-state index contributed by atoms with van der Waals surface area (Å²) in [6.07, 6.45) is 3.76. The van der Waals surface area contributed by atoms with Gasteiger partial charge >= 0.3 is 0 Å². The topological polar surface area (TPSA) is 21.7 Å². The van der Waals surface area contributed by atoms with Gasteiger partial charge in [-0.3, -0.25) is 4.90 Å². The molecule has 0 amide bonds. The Hall–Kier alpha value is -2.00. The number of hydrogen-bond donors (Lipinski definition) is 0. The van der Waals surface area contributed by atoms with E-state index in [4.69, 9.17) is 9.47 Å².